The van der Waals surface area contributed by atoms with Crippen molar-refractivity contribution in [2.24, 2.45) is 0 Å². The summed E-state index contributed by atoms with van der Waals surface area (Å²) in [5.41, 5.74) is 3.28. The van der Waals surface area contributed by atoms with Crippen LogP contribution in [0.3, 0.4) is 0 Å². The van der Waals surface area contributed by atoms with Crippen LogP contribution in [0.1, 0.15) is 47.1 Å². The summed E-state index contributed by atoms with van der Waals surface area (Å²) >= 11 is 0. The smallest absolute Gasteiger partial charge is 0.116 e. The van der Waals surface area contributed by atoms with Crippen molar-refractivity contribution in [1.82, 2.24) is 15.0 Å². The summed E-state index contributed by atoms with van der Waals surface area (Å²) < 4.78 is 0. The van der Waals surface area contributed by atoms with E-state index in [0.717, 1.165) is 11.0 Å². The zero-order valence-corrected chi connectivity index (χ0v) is 11.6. The number of hydrogen-bond donors (Lipinski definition) is 0. The monoisotopic (exact) mass is 231 g/mol. The predicted molar refractivity (Wildman–Crippen MR) is 71.2 cm³/mol. The van der Waals surface area contributed by atoms with E-state index in [0.29, 0.717) is 0 Å². The molecular weight excluding hydrogens is 210 g/mol. The molecule has 0 atom stereocenters. The molecule has 1 aromatic heterocycles. The fourth-order valence-corrected chi connectivity index (χ4v) is 1.84. The minimum absolute atomic E-state index is 0.0752. The summed E-state index contributed by atoms with van der Waals surface area (Å²) in [7, 11) is 0. The average Bonchev–Trinajstić information content (AvgIpc) is 2.57. The summed E-state index contributed by atoms with van der Waals surface area (Å²) in [5.74, 6) is 0. The van der Waals surface area contributed by atoms with Crippen LogP contribution < -0.4 is 0 Å². The zero-order chi connectivity index (χ0) is 12.8. The van der Waals surface area contributed by atoms with Crippen LogP contribution in [0, 0.1) is 0 Å². The highest BCUT2D eigenvalue weighted by atomic mass is 15.5. The van der Waals surface area contributed by atoms with Gasteiger partial charge >= 0.3 is 0 Å². The van der Waals surface area contributed by atoms with E-state index in [1.807, 2.05) is 10.9 Å². The van der Waals surface area contributed by atoms with Gasteiger partial charge in [0, 0.05) is 0 Å². The lowest BCUT2D eigenvalue weighted by molar-refractivity contribution is 0.316. The van der Waals surface area contributed by atoms with Crippen LogP contribution in [0.25, 0.3) is 11.0 Å². The van der Waals surface area contributed by atoms with Crippen LogP contribution in [0.5, 0.6) is 0 Å². The maximum Gasteiger partial charge on any atom is 0.116 e. The van der Waals surface area contributed by atoms with Gasteiger partial charge in [0.15, 0.2) is 0 Å². The zero-order valence-electron chi connectivity index (χ0n) is 11.6. The molecule has 0 radical (unpaired) electrons. The van der Waals surface area contributed by atoms with Gasteiger partial charge in [-0.25, -0.2) is 0 Å². The van der Waals surface area contributed by atoms with Crippen LogP contribution in [-0.4, -0.2) is 15.0 Å². The van der Waals surface area contributed by atoms with Crippen molar-refractivity contribution < 1.29 is 0 Å². The highest BCUT2D eigenvalue weighted by molar-refractivity contribution is 5.78. The van der Waals surface area contributed by atoms with E-state index < -0.39 is 0 Å². The standard InChI is InChI=1S/C14H21N3/c1-13(2,3)10-8-7-9-11-12(10)16-17(15-11)14(4,5)6/h7-9H,1-6H3. The van der Waals surface area contributed by atoms with E-state index >= 15 is 0 Å². The molecule has 0 saturated carbocycles. The average molecular weight is 231 g/mol. The predicted octanol–water partition coefficient (Wildman–Crippen LogP) is 3.48. The number of fused-ring (bicyclic) bond motifs is 1. The Bertz CT molecular complexity index is 539. The molecule has 1 aromatic carbocycles. The largest absolute Gasteiger partial charge is 0.178 e. The second-order valence-electron chi connectivity index (χ2n) is 6.58. The number of nitrogens with zero attached hydrogens (tertiary/aromatic N) is 3. The normalized spacial score (nSPS) is 13.3. The molecule has 3 heteroatoms. The molecule has 0 amide bonds. The van der Waals surface area contributed by atoms with E-state index in [4.69, 9.17) is 0 Å². The molecule has 0 aliphatic heterocycles. The molecule has 0 aliphatic rings. The van der Waals surface area contributed by atoms with Crippen LogP contribution in [0.15, 0.2) is 18.2 Å². The summed E-state index contributed by atoms with van der Waals surface area (Å²) in [6.45, 7) is 13.0. The first-order valence-corrected chi connectivity index (χ1v) is 6.06. The quantitative estimate of drug-likeness (QED) is 0.695. The Balaban J connectivity index is 2.70. The molecule has 0 fully saturated rings. The second kappa shape index (κ2) is 3.56. The lowest BCUT2D eigenvalue weighted by Crippen LogP contribution is -2.24. The minimum atomic E-state index is -0.0752. The third-order valence-electron chi connectivity index (χ3n) is 2.82. The Morgan fingerprint density at radius 1 is 0.941 bits per heavy atom. The molecule has 1 heterocycles. The van der Waals surface area contributed by atoms with E-state index in [2.05, 4.69) is 63.9 Å². The first-order chi connectivity index (χ1) is 7.69. The van der Waals surface area contributed by atoms with Crippen molar-refractivity contribution in [3.05, 3.63) is 23.8 Å². The molecule has 2 rings (SSSR count). The van der Waals surface area contributed by atoms with Gasteiger partial charge in [0.05, 0.1) is 5.54 Å². The Labute approximate surface area is 103 Å². The molecule has 92 valence electrons. The van der Waals surface area contributed by atoms with Gasteiger partial charge < -0.3 is 0 Å². The first-order valence-electron chi connectivity index (χ1n) is 6.06. The van der Waals surface area contributed by atoms with Crippen molar-refractivity contribution in [3.8, 4) is 0 Å². The molecule has 2 aromatic rings. The van der Waals surface area contributed by atoms with E-state index in [-0.39, 0.29) is 11.0 Å². The Morgan fingerprint density at radius 3 is 2.12 bits per heavy atom. The number of rotatable bonds is 0. The molecule has 17 heavy (non-hydrogen) atoms. The molecule has 0 N–H and O–H groups in total. The molecular formula is C14H21N3. The summed E-state index contributed by atoms with van der Waals surface area (Å²) in [4.78, 5) is 1.81. The third kappa shape index (κ3) is 2.19. The van der Waals surface area contributed by atoms with Gasteiger partial charge in [-0.2, -0.15) is 15.0 Å². The SMILES string of the molecule is CC(C)(C)c1cccc2nn(C(C)(C)C)nc12. The lowest BCUT2D eigenvalue weighted by atomic mass is 9.86. The second-order valence-corrected chi connectivity index (χ2v) is 6.58. The lowest BCUT2D eigenvalue weighted by Gasteiger charge is -2.19. The Hall–Kier alpha value is -1.38. The van der Waals surface area contributed by atoms with Crippen molar-refractivity contribution >= 4 is 11.0 Å². The molecule has 0 spiro atoms. The summed E-state index contributed by atoms with van der Waals surface area (Å²) in [6, 6.07) is 6.23. The molecule has 0 saturated heterocycles. The number of aromatic nitrogens is 3. The van der Waals surface area contributed by atoms with Crippen molar-refractivity contribution in [3.63, 3.8) is 0 Å². The van der Waals surface area contributed by atoms with Gasteiger partial charge in [-0.15, -0.1) is 0 Å². The third-order valence-corrected chi connectivity index (χ3v) is 2.82. The molecule has 3 nitrogen and oxygen atoms in total. The van der Waals surface area contributed by atoms with Crippen LogP contribution in [0.2, 0.25) is 0 Å². The van der Waals surface area contributed by atoms with Crippen molar-refractivity contribution in [2.75, 3.05) is 0 Å². The van der Waals surface area contributed by atoms with Crippen LogP contribution in [0.4, 0.5) is 0 Å². The van der Waals surface area contributed by atoms with E-state index in [9.17, 15) is 0 Å². The van der Waals surface area contributed by atoms with Gasteiger partial charge in [-0.1, -0.05) is 32.9 Å². The fraction of sp³-hybridized carbons (Fsp3) is 0.571. The highest BCUT2D eigenvalue weighted by Crippen LogP contribution is 2.28. The van der Waals surface area contributed by atoms with E-state index in [1.165, 1.54) is 5.56 Å². The van der Waals surface area contributed by atoms with Gasteiger partial charge in [0.2, 0.25) is 0 Å². The van der Waals surface area contributed by atoms with Crippen molar-refractivity contribution in [2.45, 2.75) is 52.5 Å². The molecule has 0 bridgehead atoms. The first kappa shape index (κ1) is 12.1. The number of benzene rings is 1. The number of hydrogen-bond acceptors (Lipinski definition) is 2. The Kier molecular flexibility index (Phi) is 2.53. The van der Waals surface area contributed by atoms with Crippen LogP contribution in [-0.2, 0) is 11.0 Å². The van der Waals surface area contributed by atoms with Gasteiger partial charge in [-0.05, 0) is 37.8 Å². The van der Waals surface area contributed by atoms with Gasteiger partial charge in [0.25, 0.3) is 0 Å². The Morgan fingerprint density at radius 2 is 1.59 bits per heavy atom. The molecule has 0 aliphatic carbocycles. The fourth-order valence-electron chi connectivity index (χ4n) is 1.84. The highest BCUT2D eigenvalue weighted by Gasteiger charge is 2.22. The maximum atomic E-state index is 4.66. The van der Waals surface area contributed by atoms with Gasteiger partial charge in [0.1, 0.15) is 11.0 Å². The minimum Gasteiger partial charge on any atom is -0.178 e. The maximum absolute atomic E-state index is 4.66. The topological polar surface area (TPSA) is 30.7 Å². The molecule has 0 unspecified atom stereocenters. The van der Waals surface area contributed by atoms with E-state index in [1.54, 1.807) is 0 Å². The van der Waals surface area contributed by atoms with Gasteiger partial charge in [-0.3, -0.25) is 0 Å². The van der Waals surface area contributed by atoms with Crippen LogP contribution >= 0.6 is 0 Å². The van der Waals surface area contributed by atoms with Crippen molar-refractivity contribution in [1.29, 1.82) is 0 Å². The summed E-state index contributed by atoms with van der Waals surface area (Å²) in [5, 5.41) is 9.22. The summed E-state index contributed by atoms with van der Waals surface area (Å²) in [6.07, 6.45) is 0.